The van der Waals surface area contributed by atoms with Crippen LogP contribution in [0.4, 0.5) is 0 Å². The number of aliphatic imine (C=N–C) groups is 1. The number of hydrogen-bond acceptors (Lipinski definition) is 3. The number of aromatic nitrogens is 2. The number of likely N-dealkylation sites (N-methyl/N-ethyl adjacent to an activating group) is 1. The van der Waals surface area contributed by atoms with Crippen molar-refractivity contribution in [3.63, 3.8) is 0 Å². The molecule has 1 aromatic carbocycles. The van der Waals surface area contributed by atoms with Crippen molar-refractivity contribution in [2.45, 2.75) is 20.4 Å². The lowest BCUT2D eigenvalue weighted by molar-refractivity contribution is 0.281. The number of benzene rings is 1. The summed E-state index contributed by atoms with van der Waals surface area (Å²) in [6.07, 6.45) is 3.79. The van der Waals surface area contributed by atoms with Gasteiger partial charge in [0.2, 0.25) is 0 Å². The number of para-hydroxylation sites is 1. The minimum Gasteiger partial charge on any atom is -0.492 e. The minimum atomic E-state index is 0.419. The molecule has 0 fully saturated rings. The van der Waals surface area contributed by atoms with Gasteiger partial charge in [0, 0.05) is 39.1 Å². The molecular weight excluding hydrogens is 314 g/mol. The van der Waals surface area contributed by atoms with E-state index in [1.807, 2.05) is 54.3 Å². The Balaban J connectivity index is 1.80. The molecule has 1 atom stereocenters. The number of ether oxygens (including phenoxy) is 1. The number of nitrogens with one attached hydrogen (secondary N) is 1. The van der Waals surface area contributed by atoms with E-state index in [2.05, 4.69) is 29.2 Å². The van der Waals surface area contributed by atoms with Crippen molar-refractivity contribution in [2.24, 2.45) is 10.9 Å². The van der Waals surface area contributed by atoms with Gasteiger partial charge in [-0.1, -0.05) is 25.1 Å². The first-order chi connectivity index (χ1) is 12.2. The van der Waals surface area contributed by atoms with Gasteiger partial charge in [-0.25, -0.2) is 0 Å². The van der Waals surface area contributed by atoms with Gasteiger partial charge < -0.3 is 15.0 Å². The molecule has 0 saturated heterocycles. The van der Waals surface area contributed by atoms with Gasteiger partial charge in [0.05, 0.1) is 6.54 Å². The summed E-state index contributed by atoms with van der Waals surface area (Å²) in [5.74, 6) is 2.22. The quantitative estimate of drug-likeness (QED) is 0.561. The van der Waals surface area contributed by atoms with Crippen LogP contribution in [0.25, 0.3) is 0 Å². The highest BCUT2D eigenvalue weighted by atomic mass is 16.5. The lowest BCUT2D eigenvalue weighted by atomic mass is 10.2. The number of hydrogen-bond donors (Lipinski definition) is 1. The zero-order valence-electron chi connectivity index (χ0n) is 15.4. The van der Waals surface area contributed by atoms with Gasteiger partial charge in [0.25, 0.3) is 0 Å². The first-order valence-electron chi connectivity index (χ1n) is 8.83. The molecule has 0 spiro atoms. The Kier molecular flexibility index (Phi) is 7.82. The van der Waals surface area contributed by atoms with Gasteiger partial charge in [-0.3, -0.25) is 9.67 Å². The van der Waals surface area contributed by atoms with Gasteiger partial charge in [0.15, 0.2) is 5.96 Å². The Hall–Kier alpha value is -2.50. The van der Waals surface area contributed by atoms with E-state index >= 15 is 0 Å². The first-order valence-corrected chi connectivity index (χ1v) is 8.83. The highest BCUT2D eigenvalue weighted by Gasteiger charge is 2.08. The number of guanidine groups is 1. The maximum atomic E-state index is 5.76. The Morgan fingerprint density at radius 1 is 1.32 bits per heavy atom. The molecule has 6 nitrogen and oxygen atoms in total. The fourth-order valence-electron chi connectivity index (χ4n) is 2.42. The van der Waals surface area contributed by atoms with Crippen LogP contribution in [0.5, 0.6) is 5.75 Å². The summed E-state index contributed by atoms with van der Waals surface area (Å²) >= 11 is 0. The third-order valence-electron chi connectivity index (χ3n) is 3.75. The van der Waals surface area contributed by atoms with E-state index < -0.39 is 0 Å². The Labute approximate surface area is 150 Å². The fraction of sp³-hybridized carbons (Fsp3) is 0.474. The lowest BCUT2D eigenvalue weighted by Gasteiger charge is -2.22. The normalized spacial score (nSPS) is 12.7. The molecule has 1 unspecified atom stereocenters. The van der Waals surface area contributed by atoms with Crippen LogP contribution in [-0.2, 0) is 6.54 Å². The molecule has 1 aromatic heterocycles. The largest absolute Gasteiger partial charge is 0.492 e. The van der Waals surface area contributed by atoms with Gasteiger partial charge in [-0.15, -0.1) is 0 Å². The molecule has 1 heterocycles. The topological polar surface area (TPSA) is 54.7 Å². The van der Waals surface area contributed by atoms with E-state index in [9.17, 15) is 0 Å². The van der Waals surface area contributed by atoms with Crippen molar-refractivity contribution in [1.82, 2.24) is 20.0 Å². The highest BCUT2D eigenvalue weighted by molar-refractivity contribution is 5.79. The summed E-state index contributed by atoms with van der Waals surface area (Å²) in [6.45, 7) is 8.13. The van der Waals surface area contributed by atoms with Crippen molar-refractivity contribution in [3.8, 4) is 5.75 Å². The molecule has 136 valence electrons. The summed E-state index contributed by atoms with van der Waals surface area (Å²) in [5, 5.41) is 7.59. The van der Waals surface area contributed by atoms with Gasteiger partial charge in [-0.2, -0.15) is 5.10 Å². The zero-order valence-corrected chi connectivity index (χ0v) is 15.4. The average molecular weight is 343 g/mol. The molecule has 0 bridgehead atoms. The van der Waals surface area contributed by atoms with Crippen molar-refractivity contribution in [3.05, 3.63) is 48.8 Å². The fourth-order valence-corrected chi connectivity index (χ4v) is 2.42. The minimum absolute atomic E-state index is 0.419. The predicted molar refractivity (Wildman–Crippen MR) is 102 cm³/mol. The molecule has 6 heteroatoms. The van der Waals surface area contributed by atoms with Crippen LogP contribution in [-0.4, -0.2) is 53.9 Å². The summed E-state index contributed by atoms with van der Waals surface area (Å²) in [5.41, 5.74) is 0. The van der Waals surface area contributed by atoms with Gasteiger partial charge in [-0.05, 0) is 31.0 Å². The van der Waals surface area contributed by atoms with E-state index in [0.29, 0.717) is 12.5 Å². The molecule has 2 aromatic rings. The van der Waals surface area contributed by atoms with Crippen LogP contribution in [0.15, 0.2) is 53.8 Å². The number of nitrogens with zero attached hydrogens (tertiary/aromatic N) is 4. The van der Waals surface area contributed by atoms with Gasteiger partial charge in [0.1, 0.15) is 12.4 Å². The van der Waals surface area contributed by atoms with Crippen LogP contribution in [0, 0.1) is 5.92 Å². The summed E-state index contributed by atoms with van der Waals surface area (Å²) in [6, 6.07) is 11.8. The third kappa shape index (κ3) is 6.87. The monoisotopic (exact) mass is 343 g/mol. The number of rotatable bonds is 9. The molecule has 0 aliphatic heterocycles. The summed E-state index contributed by atoms with van der Waals surface area (Å²) in [7, 11) is 2.04. The standard InChI is InChI=1S/C19H29N5O/c1-4-20-19(21-15-17(2)16-24-12-8-11-22-24)23(3)13-14-25-18-9-6-5-7-10-18/h5-12,17H,4,13-16H2,1-3H3,(H,20,21). The van der Waals surface area contributed by atoms with Crippen molar-refractivity contribution < 1.29 is 4.74 Å². The SMILES string of the molecule is CCNC(=NCC(C)Cn1cccn1)N(C)CCOc1ccccc1. The van der Waals surface area contributed by atoms with Crippen molar-refractivity contribution in [2.75, 3.05) is 33.3 Å². The second-order valence-corrected chi connectivity index (χ2v) is 6.11. The summed E-state index contributed by atoms with van der Waals surface area (Å²) in [4.78, 5) is 6.86. The third-order valence-corrected chi connectivity index (χ3v) is 3.75. The van der Waals surface area contributed by atoms with Gasteiger partial charge >= 0.3 is 0 Å². The smallest absolute Gasteiger partial charge is 0.193 e. The van der Waals surface area contributed by atoms with Crippen LogP contribution in [0.1, 0.15) is 13.8 Å². The van der Waals surface area contributed by atoms with Crippen molar-refractivity contribution >= 4 is 5.96 Å². The Morgan fingerprint density at radius 3 is 2.80 bits per heavy atom. The lowest BCUT2D eigenvalue weighted by Crippen LogP contribution is -2.41. The molecule has 0 aliphatic carbocycles. The molecule has 25 heavy (non-hydrogen) atoms. The van der Waals surface area contributed by atoms with E-state index in [0.717, 1.165) is 37.9 Å². The Bertz CT molecular complexity index is 612. The van der Waals surface area contributed by atoms with E-state index in [-0.39, 0.29) is 0 Å². The maximum absolute atomic E-state index is 5.76. The molecule has 0 radical (unpaired) electrons. The first kappa shape index (κ1) is 18.8. The Morgan fingerprint density at radius 2 is 2.12 bits per heavy atom. The average Bonchev–Trinajstić information content (AvgIpc) is 3.12. The van der Waals surface area contributed by atoms with E-state index in [1.165, 1.54) is 0 Å². The molecular formula is C19H29N5O. The molecule has 2 rings (SSSR count). The molecule has 1 N–H and O–H groups in total. The van der Waals surface area contributed by atoms with Crippen LogP contribution in [0.3, 0.4) is 0 Å². The molecule has 0 saturated carbocycles. The summed E-state index contributed by atoms with van der Waals surface area (Å²) < 4.78 is 7.71. The zero-order chi connectivity index (χ0) is 17.9. The predicted octanol–water partition coefficient (Wildman–Crippen LogP) is 2.50. The van der Waals surface area contributed by atoms with E-state index in [4.69, 9.17) is 9.73 Å². The second kappa shape index (κ2) is 10.4. The van der Waals surface area contributed by atoms with Crippen LogP contribution >= 0.6 is 0 Å². The maximum Gasteiger partial charge on any atom is 0.193 e. The van der Waals surface area contributed by atoms with Crippen LogP contribution in [0.2, 0.25) is 0 Å². The van der Waals surface area contributed by atoms with Crippen molar-refractivity contribution in [1.29, 1.82) is 0 Å². The van der Waals surface area contributed by atoms with E-state index in [1.54, 1.807) is 6.20 Å². The molecule has 0 aliphatic rings. The molecule has 0 amide bonds. The van der Waals surface area contributed by atoms with Crippen LogP contribution < -0.4 is 10.1 Å². The highest BCUT2D eigenvalue weighted by Crippen LogP contribution is 2.08. The second-order valence-electron chi connectivity index (χ2n) is 6.11.